The van der Waals surface area contributed by atoms with E-state index in [0.29, 0.717) is 12.5 Å². The number of carbonyl (C=O) groups is 1. The molecular weight excluding hydrogens is 192 g/mol. The van der Waals surface area contributed by atoms with E-state index in [1.54, 1.807) is 0 Å². The van der Waals surface area contributed by atoms with Crippen LogP contribution in [0.4, 0.5) is 0 Å². The highest BCUT2D eigenvalue weighted by atomic mass is 16.5. The van der Waals surface area contributed by atoms with E-state index in [-0.39, 0.29) is 5.78 Å². The SMILES string of the molecule is CC1(C(=O)CCC2CCCO2)CCCO1. The minimum Gasteiger partial charge on any atom is -0.378 e. The smallest absolute Gasteiger partial charge is 0.164 e. The molecule has 2 heterocycles. The molecule has 2 fully saturated rings. The van der Waals surface area contributed by atoms with Crippen LogP contribution in [0.2, 0.25) is 0 Å². The molecule has 3 nitrogen and oxygen atoms in total. The molecule has 2 atom stereocenters. The molecule has 0 saturated carbocycles. The molecule has 0 amide bonds. The van der Waals surface area contributed by atoms with Crippen molar-refractivity contribution in [2.45, 2.75) is 57.2 Å². The summed E-state index contributed by atoms with van der Waals surface area (Å²) in [4.78, 5) is 11.9. The van der Waals surface area contributed by atoms with Crippen LogP contribution < -0.4 is 0 Å². The average Bonchev–Trinajstić information content (AvgIpc) is 2.85. The van der Waals surface area contributed by atoms with E-state index in [2.05, 4.69) is 0 Å². The highest BCUT2D eigenvalue weighted by Crippen LogP contribution is 2.28. The number of ether oxygens (including phenoxy) is 2. The van der Waals surface area contributed by atoms with Gasteiger partial charge in [0.2, 0.25) is 0 Å². The second-order valence-corrected chi connectivity index (χ2v) is 4.78. The summed E-state index contributed by atoms with van der Waals surface area (Å²) in [6.45, 7) is 3.53. The van der Waals surface area contributed by atoms with Gasteiger partial charge in [-0.25, -0.2) is 0 Å². The van der Waals surface area contributed by atoms with E-state index in [0.717, 1.165) is 45.3 Å². The molecule has 0 radical (unpaired) electrons. The van der Waals surface area contributed by atoms with Crippen molar-refractivity contribution in [3.63, 3.8) is 0 Å². The van der Waals surface area contributed by atoms with Crippen molar-refractivity contribution in [1.29, 1.82) is 0 Å². The lowest BCUT2D eigenvalue weighted by Gasteiger charge is -2.21. The molecule has 2 aliphatic heterocycles. The lowest BCUT2D eigenvalue weighted by Crippen LogP contribution is -2.34. The largest absolute Gasteiger partial charge is 0.378 e. The molecule has 15 heavy (non-hydrogen) atoms. The van der Waals surface area contributed by atoms with Crippen molar-refractivity contribution in [3.8, 4) is 0 Å². The van der Waals surface area contributed by atoms with E-state index < -0.39 is 5.60 Å². The third kappa shape index (κ3) is 2.58. The third-order valence-electron chi connectivity index (χ3n) is 3.53. The number of ketones is 1. The fourth-order valence-corrected chi connectivity index (χ4v) is 2.43. The van der Waals surface area contributed by atoms with Gasteiger partial charge in [-0.2, -0.15) is 0 Å². The standard InChI is InChI=1S/C12H20O3/c1-12(7-3-9-15-12)11(13)6-5-10-4-2-8-14-10/h10H,2-9H2,1H3. The predicted molar refractivity (Wildman–Crippen MR) is 56.8 cm³/mol. The van der Waals surface area contributed by atoms with E-state index in [4.69, 9.17) is 9.47 Å². The van der Waals surface area contributed by atoms with Gasteiger partial charge in [0.15, 0.2) is 5.78 Å². The zero-order valence-corrected chi connectivity index (χ0v) is 9.46. The summed E-state index contributed by atoms with van der Waals surface area (Å²) < 4.78 is 11.0. The molecule has 3 heteroatoms. The van der Waals surface area contributed by atoms with Gasteiger partial charge in [-0.1, -0.05) is 0 Å². The highest BCUT2D eigenvalue weighted by molar-refractivity contribution is 5.87. The molecule has 0 N–H and O–H groups in total. The number of rotatable bonds is 4. The van der Waals surface area contributed by atoms with Gasteiger partial charge in [-0.3, -0.25) is 4.79 Å². The van der Waals surface area contributed by atoms with Crippen molar-refractivity contribution >= 4 is 5.78 Å². The maximum Gasteiger partial charge on any atom is 0.164 e. The fraction of sp³-hybridized carbons (Fsp3) is 0.917. The van der Waals surface area contributed by atoms with E-state index in [1.807, 2.05) is 6.92 Å². The highest BCUT2D eigenvalue weighted by Gasteiger charge is 2.37. The summed E-state index contributed by atoms with van der Waals surface area (Å²) in [5.41, 5.74) is -0.487. The minimum atomic E-state index is -0.487. The Bertz CT molecular complexity index is 225. The summed E-state index contributed by atoms with van der Waals surface area (Å²) in [5, 5.41) is 0. The molecule has 2 aliphatic rings. The second kappa shape index (κ2) is 4.62. The summed E-state index contributed by atoms with van der Waals surface area (Å²) >= 11 is 0. The topological polar surface area (TPSA) is 35.5 Å². The summed E-state index contributed by atoms with van der Waals surface area (Å²) in [6, 6.07) is 0. The molecule has 0 bridgehead atoms. The molecule has 0 aliphatic carbocycles. The predicted octanol–water partition coefficient (Wildman–Crippen LogP) is 2.08. The van der Waals surface area contributed by atoms with Gasteiger partial charge >= 0.3 is 0 Å². The monoisotopic (exact) mass is 212 g/mol. The molecule has 0 aromatic rings. The molecule has 2 saturated heterocycles. The van der Waals surface area contributed by atoms with Crippen LogP contribution in [-0.4, -0.2) is 30.7 Å². The molecule has 0 aromatic heterocycles. The van der Waals surface area contributed by atoms with Gasteiger partial charge in [-0.15, -0.1) is 0 Å². The van der Waals surface area contributed by atoms with Gasteiger partial charge in [0.05, 0.1) is 6.10 Å². The molecule has 2 unspecified atom stereocenters. The van der Waals surface area contributed by atoms with Crippen molar-refractivity contribution in [2.75, 3.05) is 13.2 Å². The van der Waals surface area contributed by atoms with Gasteiger partial charge in [0.25, 0.3) is 0 Å². The number of hydrogen-bond acceptors (Lipinski definition) is 3. The normalized spacial score (nSPS) is 35.9. The summed E-state index contributed by atoms with van der Waals surface area (Å²) in [6.07, 6.45) is 5.97. The van der Waals surface area contributed by atoms with Crippen LogP contribution in [0.1, 0.15) is 45.4 Å². The first kappa shape index (κ1) is 11.1. The van der Waals surface area contributed by atoms with Crippen molar-refractivity contribution in [2.24, 2.45) is 0 Å². The quantitative estimate of drug-likeness (QED) is 0.715. The molecule has 0 spiro atoms. The zero-order valence-electron chi connectivity index (χ0n) is 9.46. The Morgan fingerprint density at radius 3 is 2.87 bits per heavy atom. The van der Waals surface area contributed by atoms with Crippen molar-refractivity contribution in [1.82, 2.24) is 0 Å². The molecule has 2 rings (SSSR count). The average molecular weight is 212 g/mol. The lowest BCUT2D eigenvalue weighted by atomic mass is 9.93. The number of Topliss-reactive ketones (excluding diaryl/α,β-unsaturated/α-hetero) is 1. The Kier molecular flexibility index (Phi) is 3.42. The Morgan fingerprint density at radius 1 is 1.40 bits per heavy atom. The Labute approximate surface area is 91.1 Å². The third-order valence-corrected chi connectivity index (χ3v) is 3.53. The Hall–Kier alpha value is -0.410. The van der Waals surface area contributed by atoms with Crippen LogP contribution in [0.3, 0.4) is 0 Å². The van der Waals surface area contributed by atoms with Gasteiger partial charge in [-0.05, 0) is 39.0 Å². The van der Waals surface area contributed by atoms with Crippen molar-refractivity contribution < 1.29 is 14.3 Å². The van der Waals surface area contributed by atoms with E-state index >= 15 is 0 Å². The van der Waals surface area contributed by atoms with Crippen LogP contribution in [-0.2, 0) is 14.3 Å². The van der Waals surface area contributed by atoms with E-state index in [1.165, 1.54) is 0 Å². The van der Waals surface area contributed by atoms with Crippen LogP contribution in [0.15, 0.2) is 0 Å². The molecular formula is C12H20O3. The molecule has 0 aromatic carbocycles. The second-order valence-electron chi connectivity index (χ2n) is 4.78. The minimum absolute atomic E-state index is 0.260. The Morgan fingerprint density at radius 2 is 2.27 bits per heavy atom. The van der Waals surface area contributed by atoms with Gasteiger partial charge in [0.1, 0.15) is 5.60 Å². The lowest BCUT2D eigenvalue weighted by molar-refractivity contribution is -0.137. The fourth-order valence-electron chi connectivity index (χ4n) is 2.43. The molecule has 86 valence electrons. The first-order chi connectivity index (χ1) is 7.21. The van der Waals surface area contributed by atoms with E-state index in [9.17, 15) is 4.79 Å². The van der Waals surface area contributed by atoms with Crippen molar-refractivity contribution in [3.05, 3.63) is 0 Å². The number of carbonyl (C=O) groups excluding carboxylic acids is 1. The first-order valence-electron chi connectivity index (χ1n) is 5.99. The van der Waals surface area contributed by atoms with Crippen LogP contribution in [0.25, 0.3) is 0 Å². The zero-order chi connectivity index (χ0) is 10.7. The first-order valence-corrected chi connectivity index (χ1v) is 5.99. The van der Waals surface area contributed by atoms with Crippen LogP contribution in [0, 0.1) is 0 Å². The maximum atomic E-state index is 11.9. The summed E-state index contributed by atoms with van der Waals surface area (Å²) in [5.74, 6) is 0.260. The van der Waals surface area contributed by atoms with Gasteiger partial charge in [0, 0.05) is 19.6 Å². The van der Waals surface area contributed by atoms with Crippen LogP contribution >= 0.6 is 0 Å². The maximum absolute atomic E-state index is 11.9. The van der Waals surface area contributed by atoms with Crippen LogP contribution in [0.5, 0.6) is 0 Å². The van der Waals surface area contributed by atoms with Gasteiger partial charge < -0.3 is 9.47 Å². The Balaban J connectivity index is 1.76. The summed E-state index contributed by atoms with van der Waals surface area (Å²) in [7, 11) is 0. The number of hydrogen-bond donors (Lipinski definition) is 0.